The second-order valence-corrected chi connectivity index (χ2v) is 11.9. The number of para-hydroxylation sites is 1. The first-order valence-electron chi connectivity index (χ1n) is 14.4. The van der Waals surface area contributed by atoms with Gasteiger partial charge in [-0.2, -0.15) is 0 Å². The number of carbonyl (C=O) groups excluding carboxylic acids is 1. The van der Waals surface area contributed by atoms with Gasteiger partial charge >= 0.3 is 0 Å². The first-order chi connectivity index (χ1) is 19.3. The van der Waals surface area contributed by atoms with Gasteiger partial charge in [-0.3, -0.25) is 9.78 Å². The van der Waals surface area contributed by atoms with Crippen molar-refractivity contribution in [3.63, 3.8) is 0 Å². The molecule has 1 amide bonds. The van der Waals surface area contributed by atoms with Gasteiger partial charge in [-0.25, -0.2) is 0 Å². The molecule has 1 saturated carbocycles. The molecule has 1 aromatic heterocycles. The van der Waals surface area contributed by atoms with Gasteiger partial charge in [-0.1, -0.05) is 41.9 Å². The largest absolute Gasteiger partial charge is 0.391 e. The molecule has 0 bridgehead atoms. The van der Waals surface area contributed by atoms with Crippen molar-refractivity contribution < 1.29 is 19.7 Å². The molecule has 2 aliphatic rings. The van der Waals surface area contributed by atoms with Crippen LogP contribution in [0.3, 0.4) is 0 Å². The van der Waals surface area contributed by atoms with Crippen LogP contribution in [0.2, 0.25) is 5.02 Å². The third-order valence-corrected chi connectivity index (χ3v) is 9.17. The summed E-state index contributed by atoms with van der Waals surface area (Å²) >= 11 is 6.88. The maximum atomic E-state index is 13.5. The lowest BCUT2D eigenvalue weighted by Crippen LogP contribution is -2.49. The average molecular weight is 566 g/mol. The highest BCUT2D eigenvalue weighted by molar-refractivity contribution is 6.33. The van der Waals surface area contributed by atoms with Crippen molar-refractivity contribution in [2.45, 2.75) is 62.7 Å². The summed E-state index contributed by atoms with van der Waals surface area (Å²) in [5.41, 5.74) is 8.11. The van der Waals surface area contributed by atoms with E-state index in [0.29, 0.717) is 44.0 Å². The Morgan fingerprint density at radius 3 is 2.80 bits per heavy atom. The molecule has 5 rings (SSSR count). The lowest BCUT2D eigenvalue weighted by molar-refractivity contribution is -0.141. The third-order valence-electron chi connectivity index (χ3n) is 8.85. The number of methoxy groups -OCH3 is 1. The molecule has 1 aliphatic heterocycles. The summed E-state index contributed by atoms with van der Waals surface area (Å²) < 4.78 is 5.29. The average Bonchev–Trinajstić information content (AvgIpc) is 3.32. The van der Waals surface area contributed by atoms with Gasteiger partial charge in [0.05, 0.1) is 17.2 Å². The molecule has 40 heavy (non-hydrogen) atoms. The van der Waals surface area contributed by atoms with Crippen LogP contribution < -0.4 is 5.73 Å². The van der Waals surface area contributed by atoms with Crippen molar-refractivity contribution in [2.75, 3.05) is 26.8 Å². The van der Waals surface area contributed by atoms with E-state index in [-0.39, 0.29) is 23.8 Å². The molecule has 2 heterocycles. The summed E-state index contributed by atoms with van der Waals surface area (Å²) in [6.07, 6.45) is 5.77. The van der Waals surface area contributed by atoms with Gasteiger partial charge in [0.15, 0.2) is 0 Å². The Morgan fingerprint density at radius 1 is 1.20 bits per heavy atom. The van der Waals surface area contributed by atoms with Gasteiger partial charge in [0, 0.05) is 72.4 Å². The van der Waals surface area contributed by atoms with Crippen LogP contribution in [0.4, 0.5) is 0 Å². The number of halogens is 1. The zero-order valence-corrected chi connectivity index (χ0v) is 23.9. The van der Waals surface area contributed by atoms with E-state index in [1.807, 2.05) is 53.6 Å². The summed E-state index contributed by atoms with van der Waals surface area (Å²) in [4.78, 5) is 20.1. The Balaban J connectivity index is 1.51. The summed E-state index contributed by atoms with van der Waals surface area (Å²) in [6, 6.07) is 15.4. The van der Waals surface area contributed by atoms with Crippen LogP contribution in [0, 0.1) is 11.8 Å². The number of aliphatic hydroxyl groups excluding tert-OH is 1. The minimum atomic E-state index is -1.22. The molecule has 5 unspecified atom stereocenters. The molecular formula is C32H40ClN3O4. The summed E-state index contributed by atoms with van der Waals surface area (Å²) in [6.45, 7) is 1.71. The minimum absolute atomic E-state index is 0.0310. The number of unbranched alkanes of at least 4 members (excludes halogenated alkanes) is 1. The van der Waals surface area contributed by atoms with Gasteiger partial charge in [0.25, 0.3) is 0 Å². The van der Waals surface area contributed by atoms with Crippen LogP contribution in [0.5, 0.6) is 0 Å². The number of ether oxygens (including phenoxy) is 1. The molecule has 1 saturated heterocycles. The number of hydrogen-bond donors (Lipinski definition) is 3. The van der Waals surface area contributed by atoms with Crippen molar-refractivity contribution in [1.82, 2.24) is 9.88 Å². The van der Waals surface area contributed by atoms with Crippen LogP contribution >= 0.6 is 11.6 Å². The van der Waals surface area contributed by atoms with Crippen molar-refractivity contribution in [2.24, 2.45) is 17.6 Å². The Kier molecular flexibility index (Phi) is 9.08. The first kappa shape index (κ1) is 29.0. The minimum Gasteiger partial charge on any atom is -0.391 e. The molecular weight excluding hydrogens is 526 g/mol. The van der Waals surface area contributed by atoms with Crippen LogP contribution in [0.25, 0.3) is 22.0 Å². The number of nitrogens with zero attached hydrogens (tertiary/aromatic N) is 2. The second kappa shape index (κ2) is 12.5. The number of nitrogens with two attached hydrogens (primary N) is 1. The number of likely N-dealkylation sites (tertiary alicyclic amines) is 1. The number of piperidine rings is 1. The van der Waals surface area contributed by atoms with Crippen molar-refractivity contribution in [3.8, 4) is 11.1 Å². The van der Waals surface area contributed by atoms with Crippen molar-refractivity contribution in [3.05, 3.63) is 65.3 Å². The van der Waals surface area contributed by atoms with E-state index in [9.17, 15) is 15.0 Å². The predicted octanol–water partition coefficient (Wildman–Crippen LogP) is 4.90. The Bertz CT molecular complexity index is 1330. The Morgan fingerprint density at radius 2 is 2.02 bits per heavy atom. The topological polar surface area (TPSA) is 109 Å². The fraction of sp³-hybridized carbons (Fsp3) is 0.500. The van der Waals surface area contributed by atoms with E-state index in [1.54, 1.807) is 7.11 Å². The van der Waals surface area contributed by atoms with E-state index >= 15 is 0 Å². The van der Waals surface area contributed by atoms with Crippen LogP contribution in [-0.4, -0.2) is 65.0 Å². The number of pyridine rings is 1. The van der Waals surface area contributed by atoms with Crippen molar-refractivity contribution >= 4 is 28.4 Å². The van der Waals surface area contributed by atoms with E-state index in [2.05, 4.69) is 11.1 Å². The number of benzene rings is 2. The van der Waals surface area contributed by atoms with Crippen LogP contribution in [0.15, 0.2) is 54.7 Å². The molecule has 0 radical (unpaired) electrons. The highest BCUT2D eigenvalue weighted by Crippen LogP contribution is 2.46. The number of rotatable bonds is 9. The maximum Gasteiger partial charge on any atom is 0.225 e. The Labute approximate surface area is 241 Å². The fourth-order valence-electron chi connectivity index (χ4n) is 6.66. The maximum absolute atomic E-state index is 13.5. The molecule has 5 atom stereocenters. The van der Waals surface area contributed by atoms with E-state index < -0.39 is 11.7 Å². The summed E-state index contributed by atoms with van der Waals surface area (Å²) in [5.74, 6) is -0.425. The first-order valence-corrected chi connectivity index (χ1v) is 14.8. The third kappa shape index (κ3) is 5.90. The molecule has 7 nitrogen and oxygen atoms in total. The molecule has 2 aromatic carbocycles. The SMILES string of the molecule is COCCCCC(O)(c1cccc(Cl)c1-c1cnc2ccccc2c1)C1CCCN(C(=O)C2CC(N)C(O)C2)C1. The van der Waals surface area contributed by atoms with E-state index in [4.69, 9.17) is 22.1 Å². The van der Waals surface area contributed by atoms with Crippen LogP contribution in [-0.2, 0) is 15.1 Å². The molecule has 1 aliphatic carbocycles. The second-order valence-electron chi connectivity index (χ2n) is 11.5. The van der Waals surface area contributed by atoms with Crippen molar-refractivity contribution in [1.29, 1.82) is 0 Å². The van der Waals surface area contributed by atoms with E-state index in [1.165, 1.54) is 0 Å². The molecule has 4 N–H and O–H groups in total. The number of fused-ring (bicyclic) bond motifs is 1. The van der Waals surface area contributed by atoms with Crippen LogP contribution in [0.1, 0.15) is 50.5 Å². The Hall–Kier alpha value is -2.55. The fourth-order valence-corrected chi connectivity index (χ4v) is 6.94. The highest BCUT2D eigenvalue weighted by atomic mass is 35.5. The normalized spacial score (nSPS) is 24.8. The molecule has 3 aromatic rings. The molecule has 0 spiro atoms. The van der Waals surface area contributed by atoms with Gasteiger partial charge in [0.2, 0.25) is 5.91 Å². The zero-order chi connectivity index (χ0) is 28.3. The predicted molar refractivity (Wildman–Crippen MR) is 158 cm³/mol. The van der Waals surface area contributed by atoms with E-state index in [0.717, 1.165) is 53.3 Å². The monoisotopic (exact) mass is 565 g/mol. The number of aromatic nitrogens is 1. The number of carbonyl (C=O) groups is 1. The standard InChI is InChI=1S/C32H40ClN3O4/c1-40-15-5-4-13-32(39,24-9-7-14-36(20-24)31(38)22-17-27(34)29(37)18-22)25-10-6-11-26(33)30(25)23-16-21-8-2-3-12-28(21)35-19-23/h2-3,6,8,10-12,16,19,22,24,27,29,37,39H,4-5,7,9,13-15,17-18,20,34H2,1H3. The number of aliphatic hydroxyl groups is 2. The lowest BCUT2D eigenvalue weighted by atomic mass is 9.72. The highest BCUT2D eigenvalue weighted by Gasteiger charge is 2.44. The van der Waals surface area contributed by atoms with Gasteiger partial charge < -0.3 is 25.6 Å². The summed E-state index contributed by atoms with van der Waals surface area (Å²) in [7, 11) is 1.68. The molecule has 214 valence electrons. The number of amides is 1. The smallest absolute Gasteiger partial charge is 0.225 e. The molecule has 2 fully saturated rings. The van der Waals surface area contributed by atoms with Gasteiger partial charge in [0.1, 0.15) is 0 Å². The zero-order valence-electron chi connectivity index (χ0n) is 23.1. The summed E-state index contributed by atoms with van der Waals surface area (Å²) in [5, 5.41) is 24.4. The molecule has 8 heteroatoms. The van der Waals surface area contributed by atoms with Gasteiger partial charge in [-0.05, 0) is 68.7 Å². The quantitative estimate of drug-likeness (QED) is 0.319. The lowest BCUT2D eigenvalue weighted by Gasteiger charge is -2.44. The van der Waals surface area contributed by atoms with Gasteiger partial charge in [-0.15, -0.1) is 0 Å². The number of hydrogen-bond acceptors (Lipinski definition) is 6.